The number of aromatic carboxylic acids is 1. The fourth-order valence-corrected chi connectivity index (χ4v) is 2.98. The van der Waals surface area contributed by atoms with E-state index in [1.165, 1.54) is 18.2 Å². The Kier molecular flexibility index (Phi) is 5.18. The summed E-state index contributed by atoms with van der Waals surface area (Å²) in [5.74, 6) is -0.751. The molecule has 1 heterocycles. The number of nitriles is 1. The molecule has 0 radical (unpaired) electrons. The number of hydrogen-bond acceptors (Lipinski definition) is 5. The molecule has 6 heteroatoms. The topological polar surface area (TPSA) is 106 Å². The van der Waals surface area contributed by atoms with Gasteiger partial charge in [-0.3, -0.25) is 4.79 Å². The lowest BCUT2D eigenvalue weighted by molar-refractivity contribution is -0.255. The maximum absolute atomic E-state index is 12.2. The minimum atomic E-state index is -1.24. The van der Waals surface area contributed by atoms with E-state index in [1.54, 1.807) is 24.3 Å². The Morgan fingerprint density at radius 2 is 1.85 bits per heavy atom. The first-order valence-electron chi connectivity index (χ1n) is 8.41. The Hall–Kier alpha value is -3.33. The van der Waals surface area contributed by atoms with Gasteiger partial charge in [-0.25, -0.2) is 0 Å². The van der Waals surface area contributed by atoms with Gasteiger partial charge in [-0.2, -0.15) is 5.26 Å². The number of benzene rings is 1. The standard InChI is InChI=1S/C20H18N2O4/c21-12-15(19(23)22-16-3-1-2-4-16)11-17-9-10-18(26-17)13-5-7-14(8-6-13)20(24)25/h5-11,16H,1-4H2,(H,22,23)(H,24,25)/p-1/b15-11-. The van der Waals surface area contributed by atoms with Gasteiger partial charge in [0.15, 0.2) is 0 Å². The third-order valence-electron chi connectivity index (χ3n) is 4.37. The van der Waals surface area contributed by atoms with E-state index in [1.807, 2.05) is 6.07 Å². The normalized spacial score (nSPS) is 14.8. The fraction of sp³-hybridized carbons (Fsp3) is 0.250. The molecule has 1 amide bonds. The lowest BCUT2D eigenvalue weighted by atomic mass is 10.1. The van der Waals surface area contributed by atoms with Crippen LogP contribution in [-0.4, -0.2) is 17.9 Å². The number of carbonyl (C=O) groups is 2. The monoisotopic (exact) mass is 349 g/mol. The van der Waals surface area contributed by atoms with Crippen LogP contribution in [0, 0.1) is 11.3 Å². The van der Waals surface area contributed by atoms with Gasteiger partial charge in [0.05, 0.1) is 5.97 Å². The summed E-state index contributed by atoms with van der Waals surface area (Å²) in [6.45, 7) is 0. The summed E-state index contributed by atoms with van der Waals surface area (Å²) in [5.41, 5.74) is 0.754. The smallest absolute Gasteiger partial charge is 0.262 e. The first-order valence-corrected chi connectivity index (χ1v) is 8.41. The highest BCUT2D eigenvalue weighted by Gasteiger charge is 2.19. The van der Waals surface area contributed by atoms with Crippen LogP contribution in [0.1, 0.15) is 41.8 Å². The third-order valence-corrected chi connectivity index (χ3v) is 4.37. The van der Waals surface area contributed by atoms with Gasteiger partial charge in [-0.1, -0.05) is 37.1 Å². The molecular formula is C20H17N2O4-. The molecule has 1 fully saturated rings. The van der Waals surface area contributed by atoms with E-state index in [0.717, 1.165) is 25.7 Å². The van der Waals surface area contributed by atoms with Crippen LogP contribution >= 0.6 is 0 Å². The highest BCUT2D eigenvalue weighted by molar-refractivity contribution is 6.01. The molecule has 1 aliphatic carbocycles. The first kappa shape index (κ1) is 17.5. The number of carboxylic acid groups (broad SMARTS) is 1. The molecule has 26 heavy (non-hydrogen) atoms. The van der Waals surface area contributed by atoms with Gasteiger partial charge in [-0.05, 0) is 30.5 Å². The first-order chi connectivity index (χ1) is 12.6. The number of amides is 1. The zero-order chi connectivity index (χ0) is 18.5. The predicted molar refractivity (Wildman–Crippen MR) is 92.5 cm³/mol. The average Bonchev–Trinajstić information content (AvgIpc) is 3.31. The Balaban J connectivity index is 1.75. The summed E-state index contributed by atoms with van der Waals surface area (Å²) in [6.07, 6.45) is 5.47. The summed E-state index contributed by atoms with van der Waals surface area (Å²) < 4.78 is 5.65. The van der Waals surface area contributed by atoms with E-state index in [9.17, 15) is 20.0 Å². The van der Waals surface area contributed by atoms with E-state index in [0.29, 0.717) is 17.1 Å². The molecule has 0 atom stereocenters. The van der Waals surface area contributed by atoms with E-state index >= 15 is 0 Å². The molecule has 1 saturated carbocycles. The number of carboxylic acids is 1. The highest BCUT2D eigenvalue weighted by atomic mass is 16.4. The van der Waals surface area contributed by atoms with Crippen LogP contribution < -0.4 is 10.4 Å². The van der Waals surface area contributed by atoms with Crippen LogP contribution in [-0.2, 0) is 4.79 Å². The summed E-state index contributed by atoms with van der Waals surface area (Å²) in [4.78, 5) is 23.0. The number of carbonyl (C=O) groups excluding carboxylic acids is 2. The van der Waals surface area contributed by atoms with Crippen molar-refractivity contribution in [3.63, 3.8) is 0 Å². The van der Waals surface area contributed by atoms with Crippen molar-refractivity contribution >= 4 is 18.0 Å². The lowest BCUT2D eigenvalue weighted by Crippen LogP contribution is -2.33. The van der Waals surface area contributed by atoms with E-state index in [-0.39, 0.29) is 17.2 Å². The van der Waals surface area contributed by atoms with Crippen molar-refractivity contribution in [2.45, 2.75) is 31.7 Å². The lowest BCUT2D eigenvalue weighted by Gasteiger charge is -2.10. The van der Waals surface area contributed by atoms with Crippen molar-refractivity contribution in [2.75, 3.05) is 0 Å². The molecule has 3 rings (SSSR count). The average molecular weight is 349 g/mol. The molecule has 0 saturated heterocycles. The molecule has 132 valence electrons. The Bertz CT molecular complexity index is 881. The van der Waals surface area contributed by atoms with Gasteiger partial charge in [0.2, 0.25) is 0 Å². The highest BCUT2D eigenvalue weighted by Crippen LogP contribution is 2.24. The minimum Gasteiger partial charge on any atom is -0.545 e. The molecule has 0 bridgehead atoms. The molecule has 1 aliphatic rings. The van der Waals surface area contributed by atoms with Gasteiger partial charge in [0, 0.05) is 17.7 Å². The molecule has 0 aliphatic heterocycles. The number of rotatable bonds is 5. The van der Waals surface area contributed by atoms with Gasteiger partial charge >= 0.3 is 0 Å². The van der Waals surface area contributed by atoms with E-state index in [2.05, 4.69) is 5.32 Å². The zero-order valence-corrected chi connectivity index (χ0v) is 14.0. The Labute approximate surface area is 150 Å². The summed E-state index contributed by atoms with van der Waals surface area (Å²) in [5, 5.41) is 22.9. The van der Waals surface area contributed by atoms with Crippen molar-refractivity contribution in [3.8, 4) is 17.4 Å². The quantitative estimate of drug-likeness (QED) is 0.658. The van der Waals surface area contributed by atoms with Crippen LogP contribution in [0.4, 0.5) is 0 Å². The van der Waals surface area contributed by atoms with Crippen LogP contribution in [0.25, 0.3) is 17.4 Å². The second-order valence-electron chi connectivity index (χ2n) is 6.19. The number of furan rings is 1. The maximum Gasteiger partial charge on any atom is 0.262 e. The molecule has 2 aromatic rings. The van der Waals surface area contributed by atoms with E-state index < -0.39 is 11.9 Å². The summed E-state index contributed by atoms with van der Waals surface area (Å²) >= 11 is 0. The third kappa shape index (κ3) is 4.01. The predicted octanol–water partition coefficient (Wildman–Crippen LogP) is 2.28. The minimum absolute atomic E-state index is 0.00917. The van der Waals surface area contributed by atoms with Crippen LogP contribution in [0.2, 0.25) is 0 Å². The number of nitrogens with one attached hydrogen (secondary N) is 1. The molecule has 1 aromatic heterocycles. The Morgan fingerprint density at radius 3 is 2.46 bits per heavy atom. The molecular weight excluding hydrogens is 332 g/mol. The van der Waals surface area contributed by atoms with E-state index in [4.69, 9.17) is 4.42 Å². The van der Waals surface area contributed by atoms with Crippen molar-refractivity contribution in [2.24, 2.45) is 0 Å². The second kappa shape index (κ2) is 7.70. The Morgan fingerprint density at radius 1 is 1.15 bits per heavy atom. The summed E-state index contributed by atoms with van der Waals surface area (Å²) in [7, 11) is 0. The van der Waals surface area contributed by atoms with Crippen LogP contribution in [0.3, 0.4) is 0 Å². The van der Waals surface area contributed by atoms with Crippen LogP contribution in [0.5, 0.6) is 0 Å². The van der Waals surface area contributed by atoms with Crippen molar-refractivity contribution < 1.29 is 19.1 Å². The molecule has 1 aromatic carbocycles. The SMILES string of the molecule is N#C/C(=C/c1ccc(-c2ccc(C(=O)[O-])cc2)o1)C(=O)NC1CCCC1. The van der Waals surface area contributed by atoms with Crippen molar-refractivity contribution in [1.82, 2.24) is 5.32 Å². The van der Waals surface area contributed by atoms with Crippen molar-refractivity contribution in [3.05, 3.63) is 53.3 Å². The number of nitrogens with zero attached hydrogens (tertiary/aromatic N) is 1. The fourth-order valence-electron chi connectivity index (χ4n) is 2.98. The van der Waals surface area contributed by atoms with Gasteiger partial charge in [0.25, 0.3) is 5.91 Å². The van der Waals surface area contributed by atoms with Gasteiger partial charge in [-0.15, -0.1) is 0 Å². The molecule has 0 spiro atoms. The second-order valence-corrected chi connectivity index (χ2v) is 6.19. The molecule has 6 nitrogen and oxygen atoms in total. The van der Waals surface area contributed by atoms with Crippen LogP contribution in [0.15, 0.2) is 46.4 Å². The van der Waals surface area contributed by atoms with Gasteiger partial charge < -0.3 is 19.6 Å². The molecule has 0 unspecified atom stereocenters. The number of hydrogen-bond donors (Lipinski definition) is 1. The van der Waals surface area contributed by atoms with Crippen molar-refractivity contribution in [1.29, 1.82) is 5.26 Å². The zero-order valence-electron chi connectivity index (χ0n) is 14.0. The molecule has 1 N–H and O–H groups in total. The summed E-state index contributed by atoms with van der Waals surface area (Å²) in [6, 6.07) is 11.5. The largest absolute Gasteiger partial charge is 0.545 e. The van der Waals surface area contributed by atoms with Gasteiger partial charge in [0.1, 0.15) is 23.2 Å². The maximum atomic E-state index is 12.2.